The van der Waals surface area contributed by atoms with Crippen molar-refractivity contribution in [3.8, 4) is 0 Å². The van der Waals surface area contributed by atoms with Crippen LogP contribution in [0.3, 0.4) is 0 Å². The first-order valence-corrected chi connectivity index (χ1v) is 7.07. The number of rotatable bonds is 5. The maximum atomic E-state index is 13.3. The molecule has 2 atom stereocenters. The molecule has 1 aromatic carbocycles. The van der Waals surface area contributed by atoms with E-state index in [0.717, 1.165) is 38.0 Å². The molecule has 2 nitrogen and oxygen atoms in total. The molecule has 2 rings (SSSR count). The summed E-state index contributed by atoms with van der Waals surface area (Å²) in [5.74, 6) is -1.24. The highest BCUT2D eigenvalue weighted by Gasteiger charge is 2.34. The Kier molecular flexibility index (Phi) is 5.22. The number of hydrogen-bond donors (Lipinski definition) is 1. The van der Waals surface area contributed by atoms with Gasteiger partial charge in [0, 0.05) is 12.6 Å². The number of hydrogen-bond acceptors (Lipinski definition) is 2. The van der Waals surface area contributed by atoms with Gasteiger partial charge in [0.1, 0.15) is 5.82 Å². The van der Waals surface area contributed by atoms with Gasteiger partial charge in [0.25, 0.3) is 0 Å². The van der Waals surface area contributed by atoms with E-state index in [4.69, 9.17) is 4.74 Å². The normalized spacial score (nSPS) is 20.7. The van der Waals surface area contributed by atoms with Crippen LogP contribution in [-0.4, -0.2) is 19.8 Å². The van der Waals surface area contributed by atoms with Gasteiger partial charge >= 0.3 is 6.18 Å². The molecule has 1 aliphatic rings. The van der Waals surface area contributed by atoms with Crippen molar-refractivity contribution < 1.29 is 22.3 Å². The third-order valence-corrected chi connectivity index (χ3v) is 3.85. The van der Waals surface area contributed by atoms with Crippen LogP contribution in [0, 0.1) is 5.82 Å². The fraction of sp³-hybridized carbons (Fsp3) is 0.600. The third kappa shape index (κ3) is 4.17. The Hall–Kier alpha value is -1.14. The van der Waals surface area contributed by atoms with Crippen molar-refractivity contribution in [1.29, 1.82) is 0 Å². The predicted octanol–water partition coefficient (Wildman–Crippen LogP) is 4.06. The van der Waals surface area contributed by atoms with Crippen LogP contribution < -0.4 is 5.32 Å². The summed E-state index contributed by atoms with van der Waals surface area (Å²) in [5, 5.41) is 3.00. The maximum absolute atomic E-state index is 13.3. The number of benzene rings is 1. The van der Waals surface area contributed by atoms with Crippen molar-refractivity contribution >= 4 is 0 Å². The highest BCUT2D eigenvalue weighted by molar-refractivity contribution is 5.29. The van der Waals surface area contributed by atoms with Crippen molar-refractivity contribution in [2.45, 2.75) is 44.0 Å². The zero-order valence-corrected chi connectivity index (χ0v) is 11.8. The summed E-state index contributed by atoms with van der Waals surface area (Å²) in [6.07, 6.45) is -1.03. The lowest BCUT2D eigenvalue weighted by molar-refractivity contribution is -0.140. The van der Waals surface area contributed by atoms with Crippen molar-refractivity contribution in [3.05, 3.63) is 35.1 Å². The molecule has 0 saturated carbocycles. The van der Waals surface area contributed by atoms with Crippen molar-refractivity contribution in [3.63, 3.8) is 0 Å². The van der Waals surface area contributed by atoms with Crippen LogP contribution in [0.1, 0.15) is 42.9 Å². The molecule has 0 radical (unpaired) electrons. The quantitative estimate of drug-likeness (QED) is 0.828. The third-order valence-electron chi connectivity index (χ3n) is 3.85. The standard InChI is InChI=1S/C15H19F4NO/c1-20-14(7-5-11-3-2-8-21-11)10-4-6-13(16)12(9-10)15(17,18)19/h4,6,9,11,14,20H,2-3,5,7-8H2,1H3. The molecule has 0 aromatic heterocycles. The average Bonchev–Trinajstić information content (AvgIpc) is 2.93. The van der Waals surface area contributed by atoms with E-state index in [1.807, 2.05) is 0 Å². The van der Waals surface area contributed by atoms with Crippen LogP contribution in [0.2, 0.25) is 0 Å². The predicted molar refractivity (Wildman–Crippen MR) is 71.4 cm³/mol. The molecule has 2 unspecified atom stereocenters. The summed E-state index contributed by atoms with van der Waals surface area (Å²) in [4.78, 5) is 0. The van der Waals surface area contributed by atoms with Gasteiger partial charge in [-0.25, -0.2) is 4.39 Å². The Bertz CT molecular complexity index is 469. The van der Waals surface area contributed by atoms with Crippen LogP contribution in [0.5, 0.6) is 0 Å². The maximum Gasteiger partial charge on any atom is 0.419 e. The Morgan fingerprint density at radius 3 is 2.71 bits per heavy atom. The fourth-order valence-electron chi connectivity index (χ4n) is 2.68. The smallest absolute Gasteiger partial charge is 0.378 e. The van der Waals surface area contributed by atoms with Crippen LogP contribution >= 0.6 is 0 Å². The minimum atomic E-state index is -4.67. The monoisotopic (exact) mass is 305 g/mol. The van der Waals surface area contributed by atoms with E-state index >= 15 is 0 Å². The second-order valence-corrected chi connectivity index (χ2v) is 5.29. The van der Waals surface area contributed by atoms with E-state index in [0.29, 0.717) is 12.0 Å². The largest absolute Gasteiger partial charge is 0.419 e. The molecular weight excluding hydrogens is 286 g/mol. The summed E-state index contributed by atoms with van der Waals surface area (Å²) in [6.45, 7) is 0.754. The first-order chi connectivity index (χ1) is 9.91. The lowest BCUT2D eigenvalue weighted by atomic mass is 9.97. The van der Waals surface area contributed by atoms with Gasteiger partial charge in [-0.3, -0.25) is 0 Å². The molecule has 1 N–H and O–H groups in total. The summed E-state index contributed by atoms with van der Waals surface area (Å²) >= 11 is 0. The van der Waals surface area contributed by atoms with Crippen LogP contribution in [0.4, 0.5) is 17.6 Å². The molecule has 1 aliphatic heterocycles. The second-order valence-electron chi connectivity index (χ2n) is 5.29. The number of ether oxygens (including phenoxy) is 1. The summed E-state index contributed by atoms with van der Waals surface area (Å²) in [5.41, 5.74) is -0.762. The first kappa shape index (κ1) is 16.2. The van der Waals surface area contributed by atoms with Gasteiger partial charge in [-0.15, -0.1) is 0 Å². The van der Waals surface area contributed by atoms with Gasteiger partial charge in [-0.05, 0) is 50.4 Å². The molecule has 1 heterocycles. The molecule has 1 saturated heterocycles. The molecule has 118 valence electrons. The molecule has 0 bridgehead atoms. The lowest BCUT2D eigenvalue weighted by Crippen LogP contribution is -2.20. The first-order valence-electron chi connectivity index (χ1n) is 7.07. The Morgan fingerprint density at radius 1 is 1.38 bits per heavy atom. The molecule has 21 heavy (non-hydrogen) atoms. The molecular formula is C15H19F4NO. The highest BCUT2D eigenvalue weighted by Crippen LogP contribution is 2.34. The lowest BCUT2D eigenvalue weighted by Gasteiger charge is -2.20. The minimum absolute atomic E-state index is 0.184. The van der Waals surface area contributed by atoms with E-state index in [2.05, 4.69) is 5.32 Å². The Morgan fingerprint density at radius 2 is 2.14 bits per heavy atom. The fourth-order valence-corrected chi connectivity index (χ4v) is 2.68. The van der Waals surface area contributed by atoms with Crippen molar-refractivity contribution in [2.24, 2.45) is 0 Å². The van der Waals surface area contributed by atoms with Gasteiger partial charge in [0.15, 0.2) is 0 Å². The van der Waals surface area contributed by atoms with E-state index < -0.39 is 17.6 Å². The molecule has 0 amide bonds. The topological polar surface area (TPSA) is 21.3 Å². The Labute approximate surface area is 121 Å². The van der Waals surface area contributed by atoms with E-state index in [-0.39, 0.29) is 12.1 Å². The summed E-state index contributed by atoms with van der Waals surface area (Å²) in [7, 11) is 1.69. The molecule has 6 heteroatoms. The Balaban J connectivity index is 2.10. The van der Waals surface area contributed by atoms with Crippen molar-refractivity contribution in [2.75, 3.05) is 13.7 Å². The van der Waals surface area contributed by atoms with Gasteiger partial charge in [-0.1, -0.05) is 6.07 Å². The number of nitrogens with one attached hydrogen (secondary N) is 1. The number of halogens is 4. The van der Waals surface area contributed by atoms with Crippen LogP contribution in [0.25, 0.3) is 0 Å². The zero-order valence-electron chi connectivity index (χ0n) is 11.8. The van der Waals surface area contributed by atoms with Gasteiger partial charge in [0.2, 0.25) is 0 Å². The average molecular weight is 305 g/mol. The van der Waals surface area contributed by atoms with Crippen LogP contribution in [0.15, 0.2) is 18.2 Å². The van der Waals surface area contributed by atoms with Gasteiger partial charge in [0.05, 0.1) is 11.7 Å². The molecule has 0 aliphatic carbocycles. The van der Waals surface area contributed by atoms with Crippen LogP contribution in [-0.2, 0) is 10.9 Å². The van der Waals surface area contributed by atoms with Gasteiger partial charge < -0.3 is 10.1 Å². The SMILES string of the molecule is CNC(CCC1CCCO1)c1ccc(F)c(C(F)(F)F)c1. The van der Waals surface area contributed by atoms with E-state index in [9.17, 15) is 17.6 Å². The van der Waals surface area contributed by atoms with Gasteiger partial charge in [-0.2, -0.15) is 13.2 Å². The number of alkyl halides is 3. The molecule has 1 fully saturated rings. The van der Waals surface area contributed by atoms with E-state index in [1.165, 1.54) is 6.07 Å². The van der Waals surface area contributed by atoms with Crippen molar-refractivity contribution in [1.82, 2.24) is 5.32 Å². The molecule has 1 aromatic rings. The zero-order chi connectivity index (χ0) is 15.5. The highest BCUT2D eigenvalue weighted by atomic mass is 19.4. The second kappa shape index (κ2) is 6.75. The van der Waals surface area contributed by atoms with E-state index in [1.54, 1.807) is 7.05 Å². The minimum Gasteiger partial charge on any atom is -0.378 e. The summed E-state index contributed by atoms with van der Waals surface area (Å²) in [6, 6.07) is 2.94. The molecule has 0 spiro atoms. The summed E-state index contributed by atoms with van der Waals surface area (Å²) < 4.78 is 57.1.